The van der Waals surface area contributed by atoms with Crippen LogP contribution in [0.5, 0.6) is 0 Å². The first kappa shape index (κ1) is 16.9. The van der Waals surface area contributed by atoms with Crippen molar-refractivity contribution in [3.05, 3.63) is 34.6 Å². The summed E-state index contributed by atoms with van der Waals surface area (Å²) in [7, 11) is 0. The van der Waals surface area contributed by atoms with Crippen LogP contribution in [0.2, 0.25) is 5.02 Å². The highest BCUT2D eigenvalue weighted by Gasteiger charge is 2.62. The zero-order chi connectivity index (χ0) is 17.8. The van der Waals surface area contributed by atoms with Gasteiger partial charge in [0.25, 0.3) is 5.91 Å². The number of ketones is 1. The van der Waals surface area contributed by atoms with Crippen LogP contribution in [0.3, 0.4) is 0 Å². The molecule has 1 amide bonds. The number of halogens is 2. The van der Waals surface area contributed by atoms with E-state index in [1.807, 2.05) is 0 Å². The van der Waals surface area contributed by atoms with Gasteiger partial charge >= 0.3 is 0 Å². The number of aryl methyl sites for hydroxylation is 1. The highest BCUT2D eigenvalue weighted by atomic mass is 35.5. The Bertz CT molecular complexity index is 713. The summed E-state index contributed by atoms with van der Waals surface area (Å²) in [4.78, 5) is 26.9. The molecule has 4 atom stereocenters. The van der Waals surface area contributed by atoms with Crippen LogP contribution in [0, 0.1) is 17.7 Å². The topological polar surface area (TPSA) is 69.6 Å². The van der Waals surface area contributed by atoms with Gasteiger partial charge in [0.2, 0.25) is 5.60 Å². The summed E-state index contributed by atoms with van der Waals surface area (Å²) in [6, 6.07) is 4.26. The number of carbonyl (C=O) groups excluding carboxylic acids is 2. The summed E-state index contributed by atoms with van der Waals surface area (Å²) in [5, 5.41) is 14.2. The summed E-state index contributed by atoms with van der Waals surface area (Å²) in [6.07, 6.45) is 0.359. The van der Waals surface area contributed by atoms with Gasteiger partial charge in [-0.15, -0.1) is 0 Å². The molecule has 25 heavy (non-hydrogen) atoms. The maximum atomic E-state index is 13.4. The molecule has 1 saturated carbocycles. The number of aliphatic hydroxyl groups is 1. The second-order valence-electron chi connectivity index (χ2n) is 7.29. The SMILES string of the molecule is O=C(CCc1cc(F)cc(Cl)c1)C1(O)CCN(C2[C@H]3CNC[C@@H]23)C1=O. The number of Topliss-reactive ketones (excluding diaryl/α,β-unsaturated/α-hetero) is 1. The molecule has 0 radical (unpaired) electrons. The molecule has 3 aliphatic rings. The van der Waals surface area contributed by atoms with E-state index in [4.69, 9.17) is 11.6 Å². The van der Waals surface area contributed by atoms with Crippen LogP contribution >= 0.6 is 11.6 Å². The van der Waals surface area contributed by atoms with Gasteiger partial charge in [-0.2, -0.15) is 0 Å². The number of amides is 1. The minimum Gasteiger partial charge on any atom is -0.373 e. The first-order valence-electron chi connectivity index (χ1n) is 8.62. The minimum absolute atomic E-state index is 0.0189. The summed E-state index contributed by atoms with van der Waals surface area (Å²) in [5.74, 6) is -0.518. The average molecular weight is 367 g/mol. The number of hydrogen-bond acceptors (Lipinski definition) is 4. The highest BCUT2D eigenvalue weighted by Crippen LogP contribution is 2.48. The summed E-state index contributed by atoms with van der Waals surface area (Å²) >= 11 is 5.81. The van der Waals surface area contributed by atoms with Crippen molar-refractivity contribution in [2.24, 2.45) is 11.8 Å². The second-order valence-corrected chi connectivity index (χ2v) is 7.72. The number of hydrogen-bond donors (Lipinski definition) is 2. The standard InChI is InChI=1S/C18H20ClFN2O3/c19-11-5-10(6-12(20)7-11)1-2-15(23)18(25)3-4-22(17(18)24)16-13-8-21-9-14(13)16/h5-7,13-14,16,21,25H,1-4,8-9H2/t13-,14+,16?,18?. The maximum Gasteiger partial charge on any atom is 0.262 e. The molecule has 2 N–H and O–H groups in total. The van der Waals surface area contributed by atoms with Crippen LogP contribution in [0.4, 0.5) is 4.39 Å². The molecule has 2 aliphatic heterocycles. The Balaban J connectivity index is 1.40. The number of likely N-dealkylation sites (tertiary alicyclic amines) is 1. The monoisotopic (exact) mass is 366 g/mol. The van der Waals surface area contributed by atoms with Crippen molar-refractivity contribution in [3.8, 4) is 0 Å². The molecular weight excluding hydrogens is 347 g/mol. The molecule has 2 heterocycles. The Morgan fingerprint density at radius 1 is 1.36 bits per heavy atom. The van der Waals surface area contributed by atoms with E-state index >= 15 is 0 Å². The van der Waals surface area contributed by atoms with Gasteiger partial charge in [-0.1, -0.05) is 11.6 Å². The van der Waals surface area contributed by atoms with E-state index in [0.717, 1.165) is 13.1 Å². The van der Waals surface area contributed by atoms with Crippen molar-refractivity contribution in [1.82, 2.24) is 10.2 Å². The zero-order valence-corrected chi connectivity index (χ0v) is 14.4. The average Bonchev–Trinajstić information content (AvgIpc) is 2.90. The molecule has 5 nitrogen and oxygen atoms in total. The third kappa shape index (κ3) is 2.86. The molecule has 4 rings (SSSR count). The van der Waals surface area contributed by atoms with Crippen molar-refractivity contribution in [3.63, 3.8) is 0 Å². The quantitative estimate of drug-likeness (QED) is 0.767. The fourth-order valence-electron chi connectivity index (χ4n) is 4.34. The van der Waals surface area contributed by atoms with Crippen LogP contribution in [0.1, 0.15) is 18.4 Å². The highest BCUT2D eigenvalue weighted by molar-refractivity contribution is 6.30. The normalized spacial score (nSPS) is 33.6. The molecule has 0 bridgehead atoms. The molecule has 1 aliphatic carbocycles. The van der Waals surface area contributed by atoms with Gasteiger partial charge in [0.05, 0.1) is 0 Å². The Labute approximate surface area is 150 Å². The fraction of sp³-hybridized carbons (Fsp3) is 0.556. The Hall–Kier alpha value is -1.50. The number of nitrogens with one attached hydrogen (secondary N) is 1. The van der Waals surface area contributed by atoms with Gasteiger partial charge in [0.15, 0.2) is 5.78 Å². The molecule has 1 aromatic rings. The van der Waals surface area contributed by atoms with E-state index in [1.54, 1.807) is 11.0 Å². The summed E-state index contributed by atoms with van der Waals surface area (Å²) in [6.45, 7) is 2.21. The number of carbonyl (C=O) groups is 2. The van der Waals surface area contributed by atoms with E-state index < -0.39 is 23.1 Å². The van der Waals surface area contributed by atoms with Crippen molar-refractivity contribution in [1.29, 1.82) is 0 Å². The smallest absolute Gasteiger partial charge is 0.262 e. The van der Waals surface area contributed by atoms with Gasteiger partial charge < -0.3 is 15.3 Å². The zero-order valence-electron chi connectivity index (χ0n) is 13.7. The van der Waals surface area contributed by atoms with Crippen molar-refractivity contribution >= 4 is 23.3 Å². The van der Waals surface area contributed by atoms with E-state index in [2.05, 4.69) is 5.32 Å². The first-order chi connectivity index (χ1) is 11.9. The fourth-order valence-corrected chi connectivity index (χ4v) is 4.58. The van der Waals surface area contributed by atoms with E-state index in [9.17, 15) is 19.1 Å². The third-order valence-corrected chi connectivity index (χ3v) is 5.98. The lowest BCUT2D eigenvalue weighted by Crippen LogP contribution is -2.48. The third-order valence-electron chi connectivity index (χ3n) is 5.76. The van der Waals surface area contributed by atoms with Crippen molar-refractivity contribution in [2.45, 2.75) is 30.9 Å². The lowest BCUT2D eigenvalue weighted by Gasteiger charge is -2.22. The van der Waals surface area contributed by atoms with E-state index in [0.29, 0.717) is 23.9 Å². The van der Waals surface area contributed by atoms with E-state index in [-0.39, 0.29) is 30.3 Å². The second kappa shape index (κ2) is 6.04. The Kier molecular flexibility index (Phi) is 4.09. The molecule has 134 valence electrons. The van der Waals surface area contributed by atoms with Crippen LogP contribution in [-0.4, -0.2) is 53.0 Å². The molecule has 2 unspecified atom stereocenters. The molecular formula is C18H20ClFN2O3. The van der Waals surface area contributed by atoms with Gasteiger partial charge in [0, 0.05) is 43.5 Å². The maximum absolute atomic E-state index is 13.4. The number of benzene rings is 1. The number of rotatable bonds is 5. The summed E-state index contributed by atoms with van der Waals surface area (Å²) in [5.41, 5.74) is -1.35. The molecule has 1 aromatic carbocycles. The van der Waals surface area contributed by atoms with Crippen LogP contribution < -0.4 is 5.32 Å². The lowest BCUT2D eigenvalue weighted by molar-refractivity contribution is -0.153. The molecule has 7 heteroatoms. The van der Waals surface area contributed by atoms with Crippen molar-refractivity contribution < 1.29 is 19.1 Å². The van der Waals surface area contributed by atoms with Gasteiger partial charge in [-0.25, -0.2) is 4.39 Å². The van der Waals surface area contributed by atoms with Gasteiger partial charge in [-0.05, 0) is 42.0 Å². The summed E-state index contributed by atoms with van der Waals surface area (Å²) < 4.78 is 13.4. The molecule has 2 saturated heterocycles. The molecule has 3 fully saturated rings. The van der Waals surface area contributed by atoms with E-state index in [1.165, 1.54) is 12.1 Å². The lowest BCUT2D eigenvalue weighted by atomic mass is 9.92. The van der Waals surface area contributed by atoms with Gasteiger partial charge in [-0.3, -0.25) is 9.59 Å². The minimum atomic E-state index is -1.93. The Morgan fingerprint density at radius 3 is 2.76 bits per heavy atom. The van der Waals surface area contributed by atoms with Crippen LogP contribution in [-0.2, 0) is 16.0 Å². The molecule has 0 aromatic heterocycles. The van der Waals surface area contributed by atoms with Crippen LogP contribution in [0.25, 0.3) is 0 Å². The first-order valence-corrected chi connectivity index (χ1v) is 9.00. The predicted octanol–water partition coefficient (Wildman–Crippen LogP) is 1.16. The number of nitrogens with zero attached hydrogens (tertiary/aromatic N) is 1. The molecule has 0 spiro atoms. The van der Waals surface area contributed by atoms with Gasteiger partial charge in [0.1, 0.15) is 5.82 Å². The van der Waals surface area contributed by atoms with Crippen LogP contribution in [0.15, 0.2) is 18.2 Å². The van der Waals surface area contributed by atoms with Crippen molar-refractivity contribution in [2.75, 3.05) is 19.6 Å². The number of piperidine rings is 1. The largest absolute Gasteiger partial charge is 0.373 e. The predicted molar refractivity (Wildman–Crippen MR) is 89.7 cm³/mol. The number of fused-ring (bicyclic) bond motifs is 1. The Morgan fingerprint density at radius 2 is 2.08 bits per heavy atom.